The van der Waals surface area contributed by atoms with Gasteiger partial charge in [0.15, 0.2) is 0 Å². The van der Waals surface area contributed by atoms with Crippen molar-refractivity contribution in [2.45, 2.75) is 309 Å². The quantitative estimate of drug-likeness (QED) is 0.0272. The number of quaternary nitrogens is 1. The molecule has 0 aliphatic rings. The van der Waals surface area contributed by atoms with Gasteiger partial charge in [-0.05, 0) is 96.3 Å². The Morgan fingerprint density at radius 1 is 0.419 bits per heavy atom. The number of carbonyl (C=O) groups is 1. The largest absolute Gasteiger partial charge is 0.756 e. The molecule has 0 saturated carbocycles. The topological polar surface area (TPSA) is 108 Å². The van der Waals surface area contributed by atoms with Gasteiger partial charge in [0.05, 0.1) is 39.9 Å². The van der Waals surface area contributed by atoms with Gasteiger partial charge < -0.3 is 28.8 Å². The van der Waals surface area contributed by atoms with Crippen LogP contribution in [0.15, 0.2) is 134 Å². The van der Waals surface area contributed by atoms with Crippen LogP contribution in [0.5, 0.6) is 0 Å². The van der Waals surface area contributed by atoms with Crippen LogP contribution in [0, 0.1) is 0 Å². The Kier molecular flexibility index (Phi) is 63.5. The van der Waals surface area contributed by atoms with E-state index >= 15 is 0 Å². The SMILES string of the molecule is CC/C=C\C/C=C\C/C=C\C/C=C\C/C=C\C/C=C\C/C=C\C/C=C\C/C=C\C/C=C\CCCCCCCCCCCCC(=O)NC(COP(=O)([O-])OCC[N+](C)(C)C)C(O)/C=C/CCCCCCCCCCCCCCCCCCCCCCC. The molecule has 1 amide bonds. The van der Waals surface area contributed by atoms with Crippen molar-refractivity contribution in [1.29, 1.82) is 0 Å². The number of unbranched alkanes of at least 4 members (excludes halogenated alkanes) is 31. The number of carbonyl (C=O) groups excluding carboxylic acids is 1. The average Bonchev–Trinajstić information content (AvgIpc) is 3.70. The number of amides is 1. The van der Waals surface area contributed by atoms with Crippen molar-refractivity contribution in [3.8, 4) is 0 Å². The summed E-state index contributed by atoms with van der Waals surface area (Å²) in [7, 11) is 1.25. The summed E-state index contributed by atoms with van der Waals surface area (Å²) in [5.41, 5.74) is 0. The van der Waals surface area contributed by atoms with E-state index in [1.807, 2.05) is 27.2 Å². The number of hydrogen-bond donors (Lipinski definition) is 2. The second-order valence-corrected chi connectivity index (χ2v) is 26.3. The lowest BCUT2D eigenvalue weighted by Crippen LogP contribution is -2.45. The lowest BCUT2D eigenvalue weighted by atomic mass is 10.0. The Morgan fingerprint density at radius 2 is 0.709 bits per heavy atom. The highest BCUT2D eigenvalue weighted by Gasteiger charge is 2.23. The van der Waals surface area contributed by atoms with E-state index in [2.05, 4.69) is 141 Å². The molecule has 86 heavy (non-hydrogen) atoms. The first-order chi connectivity index (χ1) is 42.0. The fourth-order valence-electron chi connectivity index (χ4n) is 9.89. The molecule has 0 aromatic rings. The number of hydrogen-bond acceptors (Lipinski definition) is 6. The van der Waals surface area contributed by atoms with Gasteiger partial charge in [-0.15, -0.1) is 0 Å². The Morgan fingerprint density at radius 3 is 1.03 bits per heavy atom. The molecule has 0 aromatic heterocycles. The highest BCUT2D eigenvalue weighted by atomic mass is 31.2. The molecule has 2 N–H and O–H groups in total. The molecule has 0 rings (SSSR count). The van der Waals surface area contributed by atoms with E-state index in [4.69, 9.17) is 9.05 Å². The van der Waals surface area contributed by atoms with Gasteiger partial charge in [-0.1, -0.05) is 327 Å². The third-order valence-corrected chi connectivity index (χ3v) is 16.3. The van der Waals surface area contributed by atoms with E-state index in [9.17, 15) is 19.4 Å². The molecule has 0 aromatic carbocycles. The molecule has 0 aliphatic heterocycles. The minimum atomic E-state index is -4.61. The van der Waals surface area contributed by atoms with Crippen LogP contribution in [0.4, 0.5) is 0 Å². The summed E-state index contributed by atoms with van der Waals surface area (Å²) in [6.45, 7) is 4.55. The molecule has 0 radical (unpaired) electrons. The van der Waals surface area contributed by atoms with Gasteiger partial charge in [-0.25, -0.2) is 0 Å². The lowest BCUT2D eigenvalue weighted by molar-refractivity contribution is -0.870. The van der Waals surface area contributed by atoms with E-state index in [0.29, 0.717) is 17.4 Å². The van der Waals surface area contributed by atoms with Crippen molar-refractivity contribution < 1.29 is 32.9 Å². The minimum Gasteiger partial charge on any atom is -0.756 e. The summed E-state index contributed by atoms with van der Waals surface area (Å²) in [6, 6.07) is -0.899. The van der Waals surface area contributed by atoms with E-state index in [-0.39, 0.29) is 19.1 Å². The highest BCUT2D eigenvalue weighted by Crippen LogP contribution is 2.38. The van der Waals surface area contributed by atoms with Crippen molar-refractivity contribution in [3.63, 3.8) is 0 Å². The molecule has 0 aliphatic carbocycles. The number of aliphatic hydroxyl groups is 1. The zero-order valence-corrected chi connectivity index (χ0v) is 57.4. The normalized spacial score (nSPS) is 14.5. The maximum absolute atomic E-state index is 13.0. The number of phosphoric acid groups is 1. The van der Waals surface area contributed by atoms with Crippen LogP contribution in [-0.4, -0.2) is 68.5 Å². The molecule has 9 heteroatoms. The van der Waals surface area contributed by atoms with Crippen molar-refractivity contribution in [1.82, 2.24) is 5.32 Å². The molecular weight excluding hydrogens is 1080 g/mol. The fourth-order valence-corrected chi connectivity index (χ4v) is 10.6. The molecule has 494 valence electrons. The zero-order chi connectivity index (χ0) is 62.6. The molecule has 0 bridgehead atoms. The number of rotatable bonds is 64. The number of nitrogens with zero attached hydrogens (tertiary/aromatic N) is 1. The summed E-state index contributed by atoms with van der Waals surface area (Å²) < 4.78 is 23.5. The Labute approximate surface area is 532 Å². The molecule has 0 saturated heterocycles. The van der Waals surface area contributed by atoms with E-state index in [0.717, 1.165) is 109 Å². The lowest BCUT2D eigenvalue weighted by Gasteiger charge is -2.29. The van der Waals surface area contributed by atoms with Gasteiger partial charge in [-0.3, -0.25) is 9.36 Å². The van der Waals surface area contributed by atoms with Gasteiger partial charge in [0, 0.05) is 6.42 Å². The van der Waals surface area contributed by atoms with Crippen LogP contribution in [-0.2, 0) is 18.4 Å². The predicted molar refractivity (Wildman–Crippen MR) is 375 cm³/mol. The number of aliphatic hydroxyl groups excluding tert-OH is 1. The summed E-state index contributed by atoms with van der Waals surface area (Å²) in [5, 5.41) is 14.0. The maximum Gasteiger partial charge on any atom is 0.268 e. The molecule has 0 spiro atoms. The second kappa shape index (κ2) is 66.1. The first kappa shape index (κ1) is 82.6. The third kappa shape index (κ3) is 68.1. The summed E-state index contributed by atoms with van der Waals surface area (Å²) in [4.78, 5) is 25.6. The molecule has 0 heterocycles. The smallest absolute Gasteiger partial charge is 0.268 e. The van der Waals surface area contributed by atoms with Gasteiger partial charge in [0.25, 0.3) is 7.82 Å². The van der Waals surface area contributed by atoms with Crippen molar-refractivity contribution >= 4 is 13.7 Å². The highest BCUT2D eigenvalue weighted by molar-refractivity contribution is 7.45. The monoisotopic (exact) mass is 1220 g/mol. The number of likely N-dealkylation sites (N-methyl/N-ethyl adjacent to an activating group) is 1. The predicted octanol–water partition coefficient (Wildman–Crippen LogP) is 22.4. The van der Waals surface area contributed by atoms with Gasteiger partial charge in [0.2, 0.25) is 5.91 Å². The van der Waals surface area contributed by atoms with Crippen LogP contribution in [0.1, 0.15) is 296 Å². The molecule has 8 nitrogen and oxygen atoms in total. The third-order valence-electron chi connectivity index (χ3n) is 15.4. The van der Waals surface area contributed by atoms with Gasteiger partial charge in [-0.2, -0.15) is 0 Å². The van der Waals surface area contributed by atoms with Crippen molar-refractivity contribution in [2.24, 2.45) is 0 Å². The van der Waals surface area contributed by atoms with Crippen LogP contribution in [0.2, 0.25) is 0 Å². The summed E-state index contributed by atoms with van der Waals surface area (Å²) >= 11 is 0. The minimum absolute atomic E-state index is 0.00693. The van der Waals surface area contributed by atoms with Gasteiger partial charge >= 0.3 is 0 Å². The van der Waals surface area contributed by atoms with Crippen molar-refractivity contribution in [2.75, 3.05) is 40.9 Å². The number of allylic oxidation sites excluding steroid dienone is 21. The van der Waals surface area contributed by atoms with Crippen LogP contribution >= 0.6 is 7.82 Å². The summed E-state index contributed by atoms with van der Waals surface area (Å²) in [6.07, 6.45) is 99.9. The first-order valence-electron chi connectivity index (χ1n) is 35.5. The molecule has 3 atom stereocenters. The number of nitrogens with one attached hydrogen (secondary N) is 1. The van der Waals surface area contributed by atoms with Crippen LogP contribution < -0.4 is 10.2 Å². The average molecular weight is 1220 g/mol. The Hall–Kier alpha value is -3.36. The van der Waals surface area contributed by atoms with Crippen LogP contribution in [0.3, 0.4) is 0 Å². The second-order valence-electron chi connectivity index (χ2n) is 24.9. The Bertz CT molecular complexity index is 1870. The molecule has 0 fully saturated rings. The number of phosphoric ester groups is 1. The first-order valence-corrected chi connectivity index (χ1v) is 37.0. The summed E-state index contributed by atoms with van der Waals surface area (Å²) in [5.74, 6) is -0.204. The zero-order valence-electron chi connectivity index (χ0n) is 56.5. The van der Waals surface area contributed by atoms with E-state index < -0.39 is 20.0 Å². The maximum atomic E-state index is 13.0. The van der Waals surface area contributed by atoms with E-state index in [1.165, 1.54) is 167 Å². The molecule has 3 unspecified atom stereocenters. The molecular formula is C77H135N2O6P. The standard InChI is InChI=1S/C77H135N2O6P/c1-6-8-10-12-14-16-18-20-22-24-26-28-30-31-32-33-34-35-36-37-38-39-40-41-42-43-44-45-46-47-49-51-53-55-57-59-61-63-65-67-69-71-77(81)78-75(74-85-86(82,83)84-73-72-79(3,4)5)76(80)70-68-66-64-62-60-58-56-54-52-50-48-29-27-25-23-21-19-17-15-13-11-9-7-2/h8,10,14,16,20,22,26,28,31-32,34-35,37-38,40-41,43-44,46-47,68,70,75-76,80H,6-7,9,11-13,15,17-19,21,23-25,27,29-30,33,36,39,42,45,48-67,69,71-74H2,1-5H3,(H-,78,81,82,83)/b10-8-,16-14-,22-20-,28-26-,32-31-,35-34-,38-37-,41-40-,44-43-,47-46-,70-68+. The van der Waals surface area contributed by atoms with Gasteiger partial charge in [0.1, 0.15) is 13.2 Å². The van der Waals surface area contributed by atoms with E-state index in [1.54, 1.807) is 6.08 Å². The Balaban J connectivity index is 4.11. The fraction of sp³-hybridized carbons (Fsp3) is 0.701. The van der Waals surface area contributed by atoms with Crippen LogP contribution in [0.25, 0.3) is 0 Å². The van der Waals surface area contributed by atoms with Crippen molar-refractivity contribution in [3.05, 3.63) is 134 Å².